The molecule has 6 nitrogen and oxygen atoms in total. The van der Waals surface area contributed by atoms with Gasteiger partial charge in [0.25, 0.3) is 0 Å². The van der Waals surface area contributed by atoms with E-state index in [0.29, 0.717) is 0 Å². The van der Waals surface area contributed by atoms with Gasteiger partial charge >= 0.3 is 5.97 Å². The Kier molecular flexibility index (Phi) is 4.25. The van der Waals surface area contributed by atoms with Crippen molar-refractivity contribution in [1.29, 1.82) is 0 Å². The Hall–Kier alpha value is -1.67. The molecule has 1 aromatic rings. The molecule has 0 spiro atoms. The van der Waals surface area contributed by atoms with E-state index in [1.54, 1.807) is 6.92 Å². The maximum absolute atomic E-state index is 13.6. The smallest absolute Gasteiger partial charge is 0.326 e. The number of carbonyl (C=O) groups is 1. The zero-order chi connectivity index (χ0) is 13.9. The molecule has 1 unspecified atom stereocenters. The molecule has 0 radical (unpaired) electrons. The summed E-state index contributed by atoms with van der Waals surface area (Å²) in [6.45, 7) is 1.63. The van der Waals surface area contributed by atoms with E-state index in [1.165, 1.54) is 0 Å². The molecule has 0 bridgehead atoms. The molecule has 0 amide bonds. The highest BCUT2D eigenvalue weighted by Gasteiger charge is 2.17. The lowest BCUT2D eigenvalue weighted by Crippen LogP contribution is -2.28. The van der Waals surface area contributed by atoms with Gasteiger partial charge in [-0.25, -0.2) is 22.7 Å². The number of hydrogen-bond acceptors (Lipinski definition) is 4. The molecular formula is C10H13FN2O4S. The highest BCUT2D eigenvalue weighted by Crippen LogP contribution is 2.19. The Morgan fingerprint density at radius 1 is 1.56 bits per heavy atom. The molecule has 100 valence electrons. The monoisotopic (exact) mass is 276 g/mol. The number of hydrogen-bond donors (Lipinski definition) is 3. The van der Waals surface area contributed by atoms with Crippen LogP contribution in [-0.4, -0.2) is 25.5 Å². The summed E-state index contributed by atoms with van der Waals surface area (Å²) < 4.78 is 35.5. The maximum atomic E-state index is 13.6. The molecule has 1 atom stereocenters. The Morgan fingerprint density at radius 2 is 2.17 bits per heavy atom. The van der Waals surface area contributed by atoms with Crippen molar-refractivity contribution in [3.8, 4) is 0 Å². The second-order valence-corrected chi connectivity index (χ2v) is 5.19. The van der Waals surface area contributed by atoms with Gasteiger partial charge < -0.3 is 10.4 Å². The van der Waals surface area contributed by atoms with Crippen molar-refractivity contribution in [3.63, 3.8) is 0 Å². The number of aliphatic carboxylic acids is 1. The Balaban J connectivity index is 3.03. The lowest BCUT2D eigenvalue weighted by atomic mass is 10.2. The third kappa shape index (κ3) is 3.41. The molecular weight excluding hydrogens is 263 g/mol. The van der Waals surface area contributed by atoms with Gasteiger partial charge in [0.15, 0.2) is 0 Å². The van der Waals surface area contributed by atoms with Crippen LogP contribution in [-0.2, 0) is 14.8 Å². The number of primary sulfonamides is 1. The second kappa shape index (κ2) is 5.32. The van der Waals surface area contributed by atoms with Gasteiger partial charge in [-0.3, -0.25) is 0 Å². The number of nitrogens with one attached hydrogen (secondary N) is 1. The summed E-state index contributed by atoms with van der Waals surface area (Å²) in [5, 5.41) is 16.1. The fraction of sp³-hybridized carbons (Fsp3) is 0.300. The quantitative estimate of drug-likeness (QED) is 0.735. The van der Waals surface area contributed by atoms with E-state index in [1.807, 2.05) is 0 Å². The van der Waals surface area contributed by atoms with Gasteiger partial charge in [0, 0.05) is 0 Å². The molecule has 0 aromatic heterocycles. The van der Waals surface area contributed by atoms with E-state index < -0.39 is 27.9 Å². The van der Waals surface area contributed by atoms with E-state index in [0.717, 1.165) is 18.2 Å². The zero-order valence-corrected chi connectivity index (χ0v) is 10.4. The average molecular weight is 276 g/mol. The summed E-state index contributed by atoms with van der Waals surface area (Å²) in [5.41, 5.74) is -0.0864. The van der Waals surface area contributed by atoms with Gasteiger partial charge in [0.05, 0.1) is 10.6 Å². The number of carboxylic acid groups (broad SMARTS) is 1. The van der Waals surface area contributed by atoms with Crippen molar-refractivity contribution in [2.45, 2.75) is 24.3 Å². The molecule has 0 saturated carbocycles. The van der Waals surface area contributed by atoms with E-state index in [2.05, 4.69) is 5.32 Å². The third-order valence-corrected chi connectivity index (χ3v) is 3.22. The summed E-state index contributed by atoms with van der Waals surface area (Å²) in [6.07, 6.45) is 0.256. The predicted molar refractivity (Wildman–Crippen MR) is 63.1 cm³/mol. The maximum Gasteiger partial charge on any atom is 0.326 e. The number of benzene rings is 1. The van der Waals surface area contributed by atoms with Crippen molar-refractivity contribution in [3.05, 3.63) is 24.0 Å². The minimum absolute atomic E-state index is 0.0864. The minimum atomic E-state index is -3.98. The highest BCUT2D eigenvalue weighted by atomic mass is 32.2. The van der Waals surface area contributed by atoms with E-state index in [-0.39, 0.29) is 17.0 Å². The molecule has 0 fully saturated rings. The number of sulfonamides is 1. The fourth-order valence-corrected chi connectivity index (χ4v) is 1.84. The average Bonchev–Trinajstić information content (AvgIpc) is 2.25. The van der Waals surface area contributed by atoms with Crippen LogP contribution in [0.3, 0.4) is 0 Å². The number of anilines is 1. The molecule has 18 heavy (non-hydrogen) atoms. The van der Waals surface area contributed by atoms with Gasteiger partial charge in [0.1, 0.15) is 11.9 Å². The molecule has 0 heterocycles. The molecule has 0 saturated heterocycles. The summed E-state index contributed by atoms with van der Waals surface area (Å²) >= 11 is 0. The van der Waals surface area contributed by atoms with Crippen LogP contribution in [0, 0.1) is 5.82 Å². The van der Waals surface area contributed by atoms with Crippen LogP contribution in [0.4, 0.5) is 10.1 Å². The highest BCUT2D eigenvalue weighted by molar-refractivity contribution is 7.89. The summed E-state index contributed by atoms with van der Waals surface area (Å²) in [7, 11) is -3.98. The number of nitrogens with two attached hydrogens (primary N) is 1. The van der Waals surface area contributed by atoms with Crippen molar-refractivity contribution in [2.75, 3.05) is 5.32 Å². The first-order valence-electron chi connectivity index (χ1n) is 5.07. The standard InChI is InChI=1S/C10H13FN2O4S/c1-2-8(10(14)15)13-9-4-3-6(5-7(9)11)18(12,16)17/h3-5,8,13H,2H2,1H3,(H,14,15)(H2,12,16,17). The zero-order valence-electron chi connectivity index (χ0n) is 9.55. The van der Waals surface area contributed by atoms with Gasteiger partial charge in [-0.2, -0.15) is 0 Å². The van der Waals surface area contributed by atoms with Crippen LogP contribution < -0.4 is 10.5 Å². The number of carboxylic acids is 1. The largest absolute Gasteiger partial charge is 0.480 e. The minimum Gasteiger partial charge on any atom is -0.480 e. The summed E-state index contributed by atoms with van der Waals surface area (Å²) in [5.74, 6) is -1.99. The molecule has 1 aromatic carbocycles. The Labute approximate surface area is 104 Å². The first-order chi connectivity index (χ1) is 8.25. The Bertz CT molecular complexity index is 559. The topological polar surface area (TPSA) is 109 Å². The lowest BCUT2D eigenvalue weighted by Gasteiger charge is -2.14. The normalized spacial score (nSPS) is 13.1. The van der Waals surface area contributed by atoms with Crippen LogP contribution >= 0.6 is 0 Å². The molecule has 1 rings (SSSR count). The van der Waals surface area contributed by atoms with Gasteiger partial charge in [-0.05, 0) is 24.6 Å². The third-order valence-electron chi connectivity index (χ3n) is 2.31. The molecule has 0 aliphatic carbocycles. The van der Waals surface area contributed by atoms with Crippen LogP contribution in [0.25, 0.3) is 0 Å². The Morgan fingerprint density at radius 3 is 2.56 bits per heavy atom. The van der Waals surface area contributed by atoms with E-state index in [9.17, 15) is 17.6 Å². The van der Waals surface area contributed by atoms with Gasteiger partial charge in [-0.1, -0.05) is 6.92 Å². The van der Waals surface area contributed by atoms with Crippen molar-refractivity contribution >= 4 is 21.7 Å². The van der Waals surface area contributed by atoms with Crippen molar-refractivity contribution < 1.29 is 22.7 Å². The number of halogens is 1. The van der Waals surface area contributed by atoms with E-state index >= 15 is 0 Å². The SMILES string of the molecule is CCC(Nc1ccc(S(N)(=O)=O)cc1F)C(=O)O. The molecule has 8 heteroatoms. The van der Waals surface area contributed by atoms with Crippen LogP contribution in [0.2, 0.25) is 0 Å². The molecule has 4 N–H and O–H groups in total. The molecule has 0 aliphatic heterocycles. The first-order valence-corrected chi connectivity index (χ1v) is 6.62. The van der Waals surface area contributed by atoms with E-state index in [4.69, 9.17) is 10.2 Å². The van der Waals surface area contributed by atoms with Gasteiger partial charge in [-0.15, -0.1) is 0 Å². The van der Waals surface area contributed by atoms with Crippen LogP contribution in [0.1, 0.15) is 13.3 Å². The van der Waals surface area contributed by atoms with Crippen molar-refractivity contribution in [2.24, 2.45) is 5.14 Å². The van der Waals surface area contributed by atoms with Crippen molar-refractivity contribution in [1.82, 2.24) is 0 Å². The lowest BCUT2D eigenvalue weighted by molar-refractivity contribution is -0.137. The van der Waals surface area contributed by atoms with Gasteiger partial charge in [0.2, 0.25) is 10.0 Å². The summed E-state index contributed by atoms with van der Waals surface area (Å²) in [6, 6.07) is 2.04. The number of rotatable bonds is 5. The molecule has 0 aliphatic rings. The fourth-order valence-electron chi connectivity index (χ4n) is 1.32. The second-order valence-electron chi connectivity index (χ2n) is 3.63. The van der Waals surface area contributed by atoms with Crippen LogP contribution in [0.15, 0.2) is 23.1 Å². The van der Waals surface area contributed by atoms with Crippen LogP contribution in [0.5, 0.6) is 0 Å². The summed E-state index contributed by atoms with van der Waals surface area (Å²) in [4.78, 5) is 10.4. The first kappa shape index (κ1) is 14.4. The predicted octanol–water partition coefficient (Wildman–Crippen LogP) is 0.748.